The smallest absolute Gasteiger partial charge is 0.211 e. The van der Waals surface area contributed by atoms with Crippen LogP contribution >= 0.6 is 46.4 Å². The van der Waals surface area contributed by atoms with Crippen molar-refractivity contribution in [3.63, 3.8) is 0 Å². The highest BCUT2D eigenvalue weighted by molar-refractivity contribution is 6.37. The van der Waals surface area contributed by atoms with E-state index in [0.717, 1.165) is 0 Å². The summed E-state index contributed by atoms with van der Waals surface area (Å²) in [6.45, 7) is 1.59. The molecule has 137 valence electrons. The Morgan fingerprint density at radius 1 is 1.31 bits per heavy atom. The molecule has 1 heterocycles. The summed E-state index contributed by atoms with van der Waals surface area (Å²) >= 11 is 25.1. The van der Waals surface area contributed by atoms with Crippen LogP contribution in [0.3, 0.4) is 0 Å². The molecule has 1 radical (unpaired) electrons. The van der Waals surface area contributed by atoms with Gasteiger partial charge in [-0.2, -0.15) is 0 Å². The maximum atomic E-state index is 13.1. The quantitative estimate of drug-likeness (QED) is 0.340. The van der Waals surface area contributed by atoms with Crippen molar-refractivity contribution in [2.24, 2.45) is 5.92 Å². The third-order valence-corrected chi connectivity index (χ3v) is 5.81. The molecular formula is C18H15Cl4N2O2. The number of piperazine rings is 1. The van der Waals surface area contributed by atoms with E-state index in [4.69, 9.17) is 46.4 Å². The molecule has 1 aromatic carbocycles. The lowest BCUT2D eigenvalue weighted by Crippen LogP contribution is -2.61. The largest absolute Gasteiger partial charge is 0.313 e. The van der Waals surface area contributed by atoms with Crippen LogP contribution in [-0.2, 0) is 4.79 Å². The zero-order valence-electron chi connectivity index (χ0n) is 13.5. The van der Waals surface area contributed by atoms with Crippen LogP contribution in [0, 0.1) is 5.92 Å². The van der Waals surface area contributed by atoms with Crippen molar-refractivity contribution in [1.82, 2.24) is 10.2 Å². The van der Waals surface area contributed by atoms with Crippen LogP contribution in [0.5, 0.6) is 0 Å². The van der Waals surface area contributed by atoms with Gasteiger partial charge >= 0.3 is 0 Å². The van der Waals surface area contributed by atoms with Gasteiger partial charge in [0.2, 0.25) is 6.29 Å². The van der Waals surface area contributed by atoms with Gasteiger partial charge < -0.3 is 5.32 Å². The second kappa shape index (κ2) is 8.01. The van der Waals surface area contributed by atoms with E-state index < -0.39 is 17.0 Å². The Kier molecular flexibility index (Phi) is 6.12. The zero-order valence-corrected chi connectivity index (χ0v) is 16.5. The lowest BCUT2D eigenvalue weighted by atomic mass is 9.95. The number of halogens is 4. The van der Waals surface area contributed by atoms with Gasteiger partial charge in [0.1, 0.15) is 5.00 Å². The third kappa shape index (κ3) is 3.86. The average Bonchev–Trinajstić information content (AvgIpc) is 2.61. The standard InChI is InChI=1S/C18H15Cl4N2O2/c19-12-1-2-13(14(20)7-12)17(26)16-9-23-5-6-24(16)18(22)4-3-11(10-25)15(21)8-18/h1-4,7-8,11,16,23H,5-6,9H2. The number of hydrogen-bond acceptors (Lipinski definition) is 4. The molecule has 26 heavy (non-hydrogen) atoms. The number of hydrogen-bond donors (Lipinski definition) is 1. The number of carbonyl (C=O) groups is 1. The molecule has 0 amide bonds. The Hall–Kier alpha value is -0.880. The van der Waals surface area contributed by atoms with Gasteiger partial charge in [-0.1, -0.05) is 52.5 Å². The summed E-state index contributed by atoms with van der Waals surface area (Å²) in [6, 6.07) is 4.22. The van der Waals surface area contributed by atoms with Crippen molar-refractivity contribution in [2.75, 3.05) is 19.6 Å². The summed E-state index contributed by atoms with van der Waals surface area (Å²) in [4.78, 5) is 24.8. The Morgan fingerprint density at radius 2 is 2.08 bits per heavy atom. The SMILES string of the molecule is O=[C]C1C=CC(Cl)(N2CCNCC2C(=O)c2ccc(Cl)cc2Cl)C=C1Cl. The van der Waals surface area contributed by atoms with Crippen LogP contribution in [0.15, 0.2) is 41.5 Å². The van der Waals surface area contributed by atoms with Gasteiger partial charge in [-0.25, -0.2) is 0 Å². The fourth-order valence-electron chi connectivity index (χ4n) is 3.15. The van der Waals surface area contributed by atoms with Crippen LogP contribution in [0.4, 0.5) is 0 Å². The van der Waals surface area contributed by atoms with Crippen molar-refractivity contribution in [2.45, 2.75) is 11.0 Å². The topological polar surface area (TPSA) is 49.4 Å². The number of rotatable bonds is 4. The number of alkyl halides is 1. The Morgan fingerprint density at radius 3 is 2.73 bits per heavy atom. The molecule has 1 saturated heterocycles. The van der Waals surface area contributed by atoms with E-state index in [1.54, 1.807) is 30.4 Å². The van der Waals surface area contributed by atoms with Crippen LogP contribution in [0.2, 0.25) is 10.0 Å². The minimum Gasteiger partial charge on any atom is -0.313 e. The van der Waals surface area contributed by atoms with E-state index in [2.05, 4.69) is 5.32 Å². The molecule has 8 heteroatoms. The van der Waals surface area contributed by atoms with E-state index in [9.17, 15) is 9.59 Å². The summed E-state index contributed by atoms with van der Waals surface area (Å²) in [5.74, 6) is -0.799. The van der Waals surface area contributed by atoms with Gasteiger partial charge in [-0.15, -0.1) is 0 Å². The number of carbonyl (C=O) groups excluding carboxylic acids is 2. The first kappa shape index (κ1) is 19.9. The third-order valence-electron chi connectivity index (χ3n) is 4.47. The number of Topliss-reactive ketones (excluding diaryl/α,β-unsaturated/α-hetero) is 1. The summed E-state index contributed by atoms with van der Waals surface area (Å²) in [5.41, 5.74) is 0.379. The first-order valence-corrected chi connectivity index (χ1v) is 9.48. The van der Waals surface area contributed by atoms with E-state index in [-0.39, 0.29) is 10.8 Å². The van der Waals surface area contributed by atoms with Crippen molar-refractivity contribution in [1.29, 1.82) is 0 Å². The number of allylic oxidation sites excluding steroid dienone is 2. The highest BCUT2D eigenvalue weighted by atomic mass is 35.5. The predicted molar refractivity (Wildman–Crippen MR) is 105 cm³/mol. The molecule has 1 aliphatic heterocycles. The second-order valence-corrected chi connectivity index (χ2v) is 8.00. The highest BCUT2D eigenvalue weighted by Gasteiger charge is 2.42. The van der Waals surface area contributed by atoms with Crippen molar-refractivity contribution in [3.05, 3.63) is 57.1 Å². The average molecular weight is 433 g/mol. The molecule has 1 aromatic rings. The van der Waals surface area contributed by atoms with E-state index in [0.29, 0.717) is 35.2 Å². The lowest BCUT2D eigenvalue weighted by Gasteiger charge is -2.44. The molecule has 1 aliphatic carbocycles. The second-order valence-electron chi connectivity index (χ2n) is 6.11. The van der Waals surface area contributed by atoms with E-state index >= 15 is 0 Å². The molecule has 0 saturated carbocycles. The van der Waals surface area contributed by atoms with Crippen molar-refractivity contribution in [3.8, 4) is 0 Å². The molecule has 0 spiro atoms. The maximum Gasteiger partial charge on any atom is 0.211 e. The molecule has 3 rings (SSSR count). The van der Waals surface area contributed by atoms with Gasteiger partial charge in [-0.3, -0.25) is 14.5 Å². The fourth-order valence-corrected chi connectivity index (χ4v) is 4.38. The van der Waals surface area contributed by atoms with Gasteiger partial charge in [0.25, 0.3) is 0 Å². The molecule has 0 bridgehead atoms. The Bertz CT molecular complexity index is 795. The minimum atomic E-state index is -1.11. The summed E-state index contributed by atoms with van der Waals surface area (Å²) in [6.07, 6.45) is 6.70. The van der Waals surface area contributed by atoms with E-state index in [1.165, 1.54) is 6.07 Å². The number of ketones is 1. The van der Waals surface area contributed by atoms with Crippen LogP contribution in [0.25, 0.3) is 0 Å². The first-order chi connectivity index (χ1) is 12.4. The molecule has 4 nitrogen and oxygen atoms in total. The molecule has 1 fully saturated rings. The van der Waals surface area contributed by atoms with Gasteiger partial charge in [-0.05, 0) is 30.4 Å². The molecular weight excluding hydrogens is 418 g/mol. The Labute approximate surface area is 171 Å². The number of nitrogens with one attached hydrogen (secondary N) is 1. The summed E-state index contributed by atoms with van der Waals surface area (Å²) in [5, 5.41) is 4.24. The van der Waals surface area contributed by atoms with E-state index in [1.807, 2.05) is 11.2 Å². The number of nitrogens with zero attached hydrogens (tertiary/aromatic N) is 1. The molecule has 3 unspecified atom stereocenters. The van der Waals surface area contributed by atoms with Crippen LogP contribution in [-0.4, -0.2) is 47.6 Å². The predicted octanol–water partition coefficient (Wildman–Crippen LogP) is 3.80. The first-order valence-electron chi connectivity index (χ1n) is 7.96. The molecule has 1 N–H and O–H groups in total. The zero-order chi connectivity index (χ0) is 18.9. The highest BCUT2D eigenvalue weighted by Crippen LogP contribution is 2.37. The minimum absolute atomic E-state index is 0.166. The van der Waals surface area contributed by atoms with Crippen molar-refractivity contribution >= 4 is 58.5 Å². The summed E-state index contributed by atoms with van der Waals surface area (Å²) in [7, 11) is 0. The fraction of sp³-hybridized carbons (Fsp3) is 0.333. The lowest BCUT2D eigenvalue weighted by molar-refractivity contribution is 0.0712. The molecule has 0 aromatic heterocycles. The van der Waals surface area contributed by atoms with Crippen LogP contribution in [0.1, 0.15) is 10.4 Å². The van der Waals surface area contributed by atoms with Crippen LogP contribution < -0.4 is 5.32 Å². The summed E-state index contributed by atoms with van der Waals surface area (Å²) < 4.78 is 0. The molecule has 2 aliphatic rings. The van der Waals surface area contributed by atoms with Gasteiger partial charge in [0.05, 0.1) is 17.0 Å². The van der Waals surface area contributed by atoms with Gasteiger partial charge in [0, 0.05) is 35.3 Å². The van der Waals surface area contributed by atoms with Crippen molar-refractivity contribution < 1.29 is 9.59 Å². The number of benzene rings is 1. The normalized spacial score (nSPS) is 29.3. The molecule has 3 atom stereocenters. The van der Waals surface area contributed by atoms with Gasteiger partial charge in [0.15, 0.2) is 5.78 Å². The maximum absolute atomic E-state index is 13.1. The monoisotopic (exact) mass is 431 g/mol. The Balaban J connectivity index is 1.93.